The Morgan fingerprint density at radius 2 is 2.35 bits per heavy atom. The first kappa shape index (κ1) is 10.6. The second-order valence-electron chi connectivity index (χ2n) is 3.88. The smallest absolute Gasteiger partial charge is 0.193 e. The van der Waals surface area contributed by atoms with Crippen LogP contribution in [0.4, 0.5) is 5.69 Å². The first-order valence-corrected chi connectivity index (χ1v) is 6.21. The Hall–Kier alpha value is -1.53. The van der Waals surface area contributed by atoms with Gasteiger partial charge in [0.05, 0.1) is 0 Å². The molecule has 0 amide bonds. The molecule has 3 rings (SSSR count). The van der Waals surface area contributed by atoms with Crippen molar-refractivity contribution in [2.24, 2.45) is 0 Å². The van der Waals surface area contributed by atoms with Gasteiger partial charge in [-0.2, -0.15) is 5.10 Å². The van der Waals surface area contributed by atoms with Crippen LogP contribution in [0.2, 0.25) is 0 Å². The van der Waals surface area contributed by atoms with Crippen LogP contribution in [0.25, 0.3) is 0 Å². The average Bonchev–Trinajstić information content (AvgIpc) is 2.74. The second-order valence-corrected chi connectivity index (χ2v) is 4.89. The molecular weight excluding hydrogens is 236 g/mol. The number of hydrogen-bond acceptors (Lipinski definition) is 5. The van der Waals surface area contributed by atoms with Gasteiger partial charge < -0.3 is 10.8 Å². The number of aryl methyl sites for hydroxylation is 1. The van der Waals surface area contributed by atoms with Crippen molar-refractivity contribution >= 4 is 17.4 Å². The SMILES string of the molecule is CCc1nc2n(n1)[C@@H](O)c1cc(N)ccc1S2. The molecule has 88 valence electrons. The zero-order valence-electron chi connectivity index (χ0n) is 9.29. The molecule has 1 atom stereocenters. The molecule has 1 aliphatic rings. The van der Waals surface area contributed by atoms with Crippen LogP contribution < -0.4 is 5.73 Å². The molecule has 1 aromatic heterocycles. The number of anilines is 1. The minimum Gasteiger partial charge on any atom is -0.399 e. The molecule has 3 N–H and O–H groups in total. The van der Waals surface area contributed by atoms with E-state index in [9.17, 15) is 5.11 Å². The van der Waals surface area contributed by atoms with Gasteiger partial charge in [-0.1, -0.05) is 6.92 Å². The second kappa shape index (κ2) is 3.75. The van der Waals surface area contributed by atoms with Crippen molar-refractivity contribution in [2.75, 3.05) is 5.73 Å². The largest absolute Gasteiger partial charge is 0.399 e. The third-order valence-electron chi connectivity index (χ3n) is 2.70. The predicted octanol–water partition coefficient (Wildman–Crippen LogP) is 1.43. The summed E-state index contributed by atoms with van der Waals surface area (Å²) in [6.45, 7) is 1.99. The summed E-state index contributed by atoms with van der Waals surface area (Å²) in [7, 11) is 0. The Labute approximate surface area is 103 Å². The Morgan fingerprint density at radius 3 is 3.12 bits per heavy atom. The summed E-state index contributed by atoms with van der Waals surface area (Å²) in [5, 5.41) is 15.2. The zero-order chi connectivity index (χ0) is 12.0. The molecule has 0 radical (unpaired) electrons. The molecule has 1 aromatic carbocycles. The molecule has 1 aliphatic heterocycles. The van der Waals surface area contributed by atoms with Crippen molar-refractivity contribution in [1.82, 2.24) is 14.8 Å². The summed E-state index contributed by atoms with van der Waals surface area (Å²) in [4.78, 5) is 5.35. The summed E-state index contributed by atoms with van der Waals surface area (Å²) in [5.74, 6) is 0.743. The van der Waals surface area contributed by atoms with Crippen LogP contribution >= 0.6 is 11.8 Å². The first-order chi connectivity index (χ1) is 8.19. The molecule has 6 heteroatoms. The van der Waals surface area contributed by atoms with Gasteiger partial charge in [-0.05, 0) is 30.0 Å². The number of rotatable bonds is 1. The average molecular weight is 248 g/mol. The molecule has 2 heterocycles. The lowest BCUT2D eigenvalue weighted by atomic mass is 10.2. The summed E-state index contributed by atoms with van der Waals surface area (Å²) in [5.41, 5.74) is 7.16. The number of benzene rings is 1. The van der Waals surface area contributed by atoms with Gasteiger partial charge >= 0.3 is 0 Å². The molecule has 2 aromatic rings. The lowest BCUT2D eigenvalue weighted by Crippen LogP contribution is -2.17. The van der Waals surface area contributed by atoms with Crippen LogP contribution in [0.1, 0.15) is 24.5 Å². The van der Waals surface area contributed by atoms with Crippen LogP contribution in [-0.4, -0.2) is 19.9 Å². The molecule has 0 spiro atoms. The van der Waals surface area contributed by atoms with E-state index in [4.69, 9.17) is 5.73 Å². The molecule has 5 nitrogen and oxygen atoms in total. The van der Waals surface area contributed by atoms with Crippen LogP contribution in [-0.2, 0) is 6.42 Å². The fourth-order valence-electron chi connectivity index (χ4n) is 1.82. The van der Waals surface area contributed by atoms with Crippen LogP contribution in [0, 0.1) is 0 Å². The molecule has 0 unspecified atom stereocenters. The monoisotopic (exact) mass is 248 g/mol. The van der Waals surface area contributed by atoms with Crippen LogP contribution in [0.5, 0.6) is 0 Å². The fraction of sp³-hybridized carbons (Fsp3) is 0.273. The Bertz CT molecular complexity index is 581. The third kappa shape index (κ3) is 1.60. The maximum Gasteiger partial charge on any atom is 0.193 e. The maximum absolute atomic E-state index is 10.2. The molecule has 0 aliphatic carbocycles. The van der Waals surface area contributed by atoms with Gasteiger partial charge in [0, 0.05) is 22.6 Å². The Kier molecular flexibility index (Phi) is 2.34. The summed E-state index contributed by atoms with van der Waals surface area (Å²) in [6.07, 6.45) is -0.0382. The van der Waals surface area contributed by atoms with E-state index in [0.717, 1.165) is 27.9 Å². The summed E-state index contributed by atoms with van der Waals surface area (Å²) in [6, 6.07) is 5.51. The predicted molar refractivity (Wildman–Crippen MR) is 64.7 cm³/mol. The standard InChI is InChI=1S/C11H12N4OS/c1-2-9-13-11-15(14-9)10(16)7-5-6(12)3-4-8(7)17-11/h3-5,10,16H,2,12H2,1H3/t10-/m0/s1. The van der Waals surface area contributed by atoms with Gasteiger partial charge in [-0.15, -0.1) is 0 Å². The van der Waals surface area contributed by atoms with Crippen molar-refractivity contribution in [3.63, 3.8) is 0 Å². The number of nitrogen functional groups attached to an aromatic ring is 1. The number of aliphatic hydroxyl groups excluding tert-OH is 1. The molecule has 0 saturated carbocycles. The van der Waals surface area contributed by atoms with Gasteiger partial charge in [0.15, 0.2) is 17.2 Å². The third-order valence-corrected chi connectivity index (χ3v) is 3.76. The van der Waals surface area contributed by atoms with E-state index in [2.05, 4.69) is 10.1 Å². The zero-order valence-corrected chi connectivity index (χ0v) is 10.1. The highest BCUT2D eigenvalue weighted by Gasteiger charge is 2.26. The van der Waals surface area contributed by atoms with Gasteiger partial charge in [0.2, 0.25) is 0 Å². The van der Waals surface area contributed by atoms with E-state index in [-0.39, 0.29) is 0 Å². The molecular formula is C11H12N4OS. The highest BCUT2D eigenvalue weighted by molar-refractivity contribution is 7.99. The topological polar surface area (TPSA) is 77.0 Å². The molecule has 0 fully saturated rings. The molecule has 0 saturated heterocycles. The summed E-state index contributed by atoms with van der Waals surface area (Å²) < 4.78 is 1.55. The highest BCUT2D eigenvalue weighted by atomic mass is 32.2. The van der Waals surface area contributed by atoms with Crippen LogP contribution in [0.3, 0.4) is 0 Å². The Morgan fingerprint density at radius 1 is 1.53 bits per heavy atom. The van der Waals surface area contributed by atoms with Crippen molar-refractivity contribution < 1.29 is 5.11 Å². The highest BCUT2D eigenvalue weighted by Crippen LogP contribution is 2.39. The number of nitrogens with zero attached hydrogens (tertiary/aromatic N) is 3. The molecule has 17 heavy (non-hydrogen) atoms. The van der Waals surface area contributed by atoms with Crippen molar-refractivity contribution in [3.8, 4) is 0 Å². The maximum atomic E-state index is 10.2. The van der Waals surface area contributed by atoms with E-state index < -0.39 is 6.23 Å². The van der Waals surface area contributed by atoms with E-state index in [1.165, 1.54) is 11.8 Å². The van der Waals surface area contributed by atoms with Crippen molar-refractivity contribution in [1.29, 1.82) is 0 Å². The number of fused-ring (bicyclic) bond motifs is 2. The summed E-state index contributed by atoms with van der Waals surface area (Å²) >= 11 is 1.50. The minimum atomic E-state index is -0.794. The minimum absolute atomic E-state index is 0.641. The van der Waals surface area contributed by atoms with Gasteiger partial charge in [-0.25, -0.2) is 9.67 Å². The quantitative estimate of drug-likeness (QED) is 0.746. The van der Waals surface area contributed by atoms with Crippen LogP contribution in [0.15, 0.2) is 28.3 Å². The normalized spacial score (nSPS) is 17.6. The lowest BCUT2D eigenvalue weighted by Gasteiger charge is -2.21. The fourth-order valence-corrected chi connectivity index (χ4v) is 2.82. The van der Waals surface area contributed by atoms with Crippen molar-refractivity contribution in [2.45, 2.75) is 29.6 Å². The lowest BCUT2D eigenvalue weighted by molar-refractivity contribution is 0.116. The first-order valence-electron chi connectivity index (χ1n) is 5.40. The van der Waals surface area contributed by atoms with Crippen molar-refractivity contribution in [3.05, 3.63) is 29.6 Å². The van der Waals surface area contributed by atoms with E-state index in [1.807, 2.05) is 19.1 Å². The Balaban J connectivity index is 2.12. The number of hydrogen-bond donors (Lipinski definition) is 2. The van der Waals surface area contributed by atoms with E-state index >= 15 is 0 Å². The van der Waals surface area contributed by atoms with Gasteiger partial charge in [-0.3, -0.25) is 0 Å². The van der Waals surface area contributed by atoms with E-state index in [0.29, 0.717) is 5.69 Å². The number of aromatic nitrogens is 3. The molecule has 0 bridgehead atoms. The van der Waals surface area contributed by atoms with Gasteiger partial charge in [0.1, 0.15) is 0 Å². The van der Waals surface area contributed by atoms with Gasteiger partial charge in [0.25, 0.3) is 0 Å². The number of aliphatic hydroxyl groups is 1. The number of nitrogens with two attached hydrogens (primary N) is 1. The van der Waals surface area contributed by atoms with E-state index in [1.54, 1.807) is 10.7 Å².